The number of carbonyl (C=O) groups is 2. The predicted molar refractivity (Wildman–Crippen MR) is 62.0 cm³/mol. The van der Waals surface area contributed by atoms with Gasteiger partial charge in [0.05, 0.1) is 10.6 Å². The molecule has 3 N–H and O–H groups in total. The average Bonchev–Trinajstić information content (AvgIpc) is 2.27. The van der Waals surface area contributed by atoms with Crippen molar-refractivity contribution in [2.75, 3.05) is 6.61 Å². The molecule has 1 unspecified atom stereocenters. The molecule has 98 valence electrons. The fourth-order valence-corrected chi connectivity index (χ4v) is 1.55. The largest absolute Gasteiger partial charge is 0.480 e. The number of carboxylic acid groups (broad SMARTS) is 1. The molecule has 0 aliphatic rings. The van der Waals surface area contributed by atoms with Gasteiger partial charge >= 0.3 is 5.97 Å². The van der Waals surface area contributed by atoms with Gasteiger partial charge in [0.1, 0.15) is 11.9 Å². The van der Waals surface area contributed by atoms with Crippen molar-refractivity contribution >= 4 is 23.5 Å². The standard InChI is InChI=1S/C11H11ClFNO4/c12-8-5-6(13)1-2-7(8)10(16)14-9(3-4-15)11(17)18/h1-2,5,9,15H,3-4H2,(H,14,16)(H,17,18). The molecule has 0 saturated carbocycles. The number of rotatable bonds is 5. The van der Waals surface area contributed by atoms with Crippen molar-refractivity contribution in [3.05, 3.63) is 34.6 Å². The summed E-state index contributed by atoms with van der Waals surface area (Å²) < 4.78 is 12.8. The Bertz CT molecular complexity index is 466. The Labute approximate surface area is 107 Å². The number of amides is 1. The van der Waals surface area contributed by atoms with Crippen LogP contribution in [0.2, 0.25) is 5.02 Å². The summed E-state index contributed by atoms with van der Waals surface area (Å²) in [6, 6.07) is 1.94. The van der Waals surface area contributed by atoms with Gasteiger partial charge in [-0.3, -0.25) is 4.79 Å². The molecule has 1 amide bonds. The minimum atomic E-state index is -1.27. The highest BCUT2D eigenvalue weighted by atomic mass is 35.5. The fraction of sp³-hybridized carbons (Fsp3) is 0.273. The van der Waals surface area contributed by atoms with Crippen molar-refractivity contribution in [2.24, 2.45) is 0 Å². The highest BCUT2D eigenvalue weighted by molar-refractivity contribution is 6.33. The van der Waals surface area contributed by atoms with Crippen LogP contribution >= 0.6 is 11.6 Å². The third kappa shape index (κ3) is 3.68. The van der Waals surface area contributed by atoms with E-state index >= 15 is 0 Å². The summed E-state index contributed by atoms with van der Waals surface area (Å²) >= 11 is 5.67. The Kier molecular flexibility index (Phi) is 5.06. The zero-order valence-corrected chi connectivity index (χ0v) is 9.95. The van der Waals surface area contributed by atoms with E-state index in [2.05, 4.69) is 5.32 Å². The lowest BCUT2D eigenvalue weighted by Gasteiger charge is -2.13. The minimum Gasteiger partial charge on any atom is -0.480 e. The first-order valence-electron chi connectivity index (χ1n) is 5.05. The van der Waals surface area contributed by atoms with Gasteiger partial charge in [-0.15, -0.1) is 0 Å². The van der Waals surface area contributed by atoms with Crippen LogP contribution in [0.4, 0.5) is 4.39 Å². The summed E-state index contributed by atoms with van der Waals surface area (Å²) in [5.41, 5.74) is -0.0257. The zero-order chi connectivity index (χ0) is 13.7. The number of carbonyl (C=O) groups excluding carboxylic acids is 1. The SMILES string of the molecule is O=C(NC(CCO)C(=O)O)c1ccc(F)cc1Cl. The van der Waals surface area contributed by atoms with Gasteiger partial charge in [0.25, 0.3) is 5.91 Å². The molecule has 7 heteroatoms. The predicted octanol–water partition coefficient (Wildman–Crippen LogP) is 1.04. The molecule has 0 aliphatic heterocycles. The van der Waals surface area contributed by atoms with Crippen LogP contribution in [-0.2, 0) is 4.79 Å². The molecular weight excluding hydrogens is 265 g/mol. The maximum atomic E-state index is 12.8. The van der Waals surface area contributed by atoms with E-state index in [1.165, 1.54) is 0 Å². The van der Waals surface area contributed by atoms with E-state index in [0.29, 0.717) is 0 Å². The minimum absolute atomic E-state index is 0.0257. The molecule has 1 rings (SSSR count). The normalized spacial score (nSPS) is 11.9. The molecule has 0 radical (unpaired) electrons. The average molecular weight is 276 g/mol. The second-order valence-electron chi connectivity index (χ2n) is 3.50. The van der Waals surface area contributed by atoms with Gasteiger partial charge < -0.3 is 15.5 Å². The van der Waals surface area contributed by atoms with Crippen LogP contribution in [0.1, 0.15) is 16.8 Å². The first kappa shape index (κ1) is 14.4. The van der Waals surface area contributed by atoms with Crippen molar-refractivity contribution < 1.29 is 24.2 Å². The molecule has 1 aromatic rings. The zero-order valence-electron chi connectivity index (χ0n) is 9.19. The lowest BCUT2D eigenvalue weighted by atomic mass is 10.1. The van der Waals surface area contributed by atoms with Crippen molar-refractivity contribution in [2.45, 2.75) is 12.5 Å². The number of hydrogen-bond donors (Lipinski definition) is 3. The van der Waals surface area contributed by atoms with E-state index in [0.717, 1.165) is 18.2 Å². The van der Waals surface area contributed by atoms with Gasteiger partial charge in [-0.25, -0.2) is 9.18 Å². The van der Waals surface area contributed by atoms with Crippen LogP contribution in [0, 0.1) is 5.82 Å². The van der Waals surface area contributed by atoms with Crippen molar-refractivity contribution in [3.8, 4) is 0 Å². The Hall–Kier alpha value is -1.66. The van der Waals surface area contributed by atoms with Gasteiger partial charge in [0.2, 0.25) is 0 Å². The van der Waals surface area contributed by atoms with E-state index in [1.807, 2.05) is 0 Å². The second kappa shape index (κ2) is 6.32. The number of nitrogens with one attached hydrogen (secondary N) is 1. The van der Waals surface area contributed by atoms with Crippen LogP contribution in [-0.4, -0.2) is 34.7 Å². The van der Waals surface area contributed by atoms with Gasteiger partial charge in [-0.1, -0.05) is 11.6 Å². The molecule has 0 aromatic heterocycles. The maximum Gasteiger partial charge on any atom is 0.326 e. The molecule has 0 saturated heterocycles. The Morgan fingerprint density at radius 2 is 2.11 bits per heavy atom. The second-order valence-corrected chi connectivity index (χ2v) is 3.91. The Morgan fingerprint density at radius 3 is 2.61 bits per heavy atom. The summed E-state index contributed by atoms with van der Waals surface area (Å²) in [5, 5.41) is 19.5. The summed E-state index contributed by atoms with van der Waals surface area (Å²) in [4.78, 5) is 22.5. The third-order valence-electron chi connectivity index (χ3n) is 2.20. The van der Waals surface area contributed by atoms with E-state index < -0.39 is 23.7 Å². The van der Waals surface area contributed by atoms with E-state index in [1.54, 1.807) is 0 Å². The first-order chi connectivity index (χ1) is 8.45. The molecule has 1 atom stereocenters. The molecule has 18 heavy (non-hydrogen) atoms. The molecular formula is C11H11ClFNO4. The number of aliphatic hydroxyl groups is 1. The molecule has 0 fully saturated rings. The van der Waals surface area contributed by atoms with Gasteiger partial charge in [0.15, 0.2) is 0 Å². The van der Waals surface area contributed by atoms with Crippen molar-refractivity contribution in [3.63, 3.8) is 0 Å². The highest BCUT2D eigenvalue weighted by Crippen LogP contribution is 2.17. The molecule has 0 bridgehead atoms. The van der Waals surface area contributed by atoms with Gasteiger partial charge in [-0.2, -0.15) is 0 Å². The van der Waals surface area contributed by atoms with Crippen LogP contribution in [0.15, 0.2) is 18.2 Å². The van der Waals surface area contributed by atoms with E-state index in [4.69, 9.17) is 21.8 Å². The Morgan fingerprint density at radius 1 is 1.44 bits per heavy atom. The number of aliphatic carboxylic acids is 1. The van der Waals surface area contributed by atoms with Crippen LogP contribution < -0.4 is 5.32 Å². The van der Waals surface area contributed by atoms with Gasteiger partial charge in [-0.05, 0) is 18.2 Å². The van der Waals surface area contributed by atoms with E-state index in [-0.39, 0.29) is 23.6 Å². The molecule has 5 nitrogen and oxygen atoms in total. The first-order valence-corrected chi connectivity index (χ1v) is 5.43. The Balaban J connectivity index is 2.83. The van der Waals surface area contributed by atoms with Crippen molar-refractivity contribution in [1.82, 2.24) is 5.32 Å². The summed E-state index contributed by atoms with van der Waals surface area (Å²) in [7, 11) is 0. The fourth-order valence-electron chi connectivity index (χ4n) is 1.30. The number of carboxylic acids is 1. The lowest BCUT2D eigenvalue weighted by Crippen LogP contribution is -2.41. The number of benzene rings is 1. The van der Waals surface area contributed by atoms with Gasteiger partial charge in [0, 0.05) is 13.0 Å². The monoisotopic (exact) mass is 275 g/mol. The highest BCUT2D eigenvalue weighted by Gasteiger charge is 2.21. The van der Waals surface area contributed by atoms with Crippen LogP contribution in [0.3, 0.4) is 0 Å². The molecule has 0 heterocycles. The molecule has 0 spiro atoms. The number of hydrogen-bond acceptors (Lipinski definition) is 3. The molecule has 0 aliphatic carbocycles. The third-order valence-corrected chi connectivity index (χ3v) is 2.51. The summed E-state index contributed by atoms with van der Waals surface area (Å²) in [6.07, 6.45) is -0.125. The summed E-state index contributed by atoms with van der Waals surface area (Å²) in [5.74, 6) is -2.60. The maximum absolute atomic E-state index is 12.8. The summed E-state index contributed by atoms with van der Waals surface area (Å²) in [6.45, 7) is -0.381. The van der Waals surface area contributed by atoms with Crippen LogP contribution in [0.25, 0.3) is 0 Å². The smallest absolute Gasteiger partial charge is 0.326 e. The molecule has 1 aromatic carbocycles. The lowest BCUT2D eigenvalue weighted by molar-refractivity contribution is -0.139. The number of aliphatic hydroxyl groups excluding tert-OH is 1. The quantitative estimate of drug-likeness (QED) is 0.749. The van der Waals surface area contributed by atoms with Crippen LogP contribution in [0.5, 0.6) is 0 Å². The number of halogens is 2. The van der Waals surface area contributed by atoms with E-state index in [9.17, 15) is 14.0 Å². The van der Waals surface area contributed by atoms with Crippen molar-refractivity contribution in [1.29, 1.82) is 0 Å². The topological polar surface area (TPSA) is 86.6 Å².